The van der Waals surface area contributed by atoms with Crippen LogP contribution in [0, 0.1) is 17.5 Å². The molecule has 2 rings (SSSR count). The van der Waals surface area contributed by atoms with Crippen LogP contribution in [-0.4, -0.2) is 30.6 Å². The fourth-order valence-corrected chi connectivity index (χ4v) is 2.24. The molecular formula is C16H17F3N2O. The second-order valence-corrected chi connectivity index (χ2v) is 4.96. The van der Waals surface area contributed by atoms with Crippen LogP contribution in [0.4, 0.5) is 13.2 Å². The van der Waals surface area contributed by atoms with E-state index in [9.17, 15) is 13.2 Å². The number of ether oxygens (including phenoxy) is 1. The molecule has 0 aliphatic heterocycles. The number of likely N-dealkylation sites (N-methyl/N-ethyl adjacent to an activating group) is 1. The van der Waals surface area contributed by atoms with E-state index in [1.807, 2.05) is 6.07 Å². The fraction of sp³-hybridized carbons (Fsp3) is 0.312. The molecule has 118 valence electrons. The van der Waals surface area contributed by atoms with Crippen LogP contribution in [0.15, 0.2) is 36.5 Å². The van der Waals surface area contributed by atoms with Crippen molar-refractivity contribution < 1.29 is 17.9 Å². The third-order valence-corrected chi connectivity index (χ3v) is 3.43. The largest absolute Gasteiger partial charge is 0.383 e. The van der Waals surface area contributed by atoms with Crippen molar-refractivity contribution in [2.24, 2.45) is 0 Å². The summed E-state index contributed by atoms with van der Waals surface area (Å²) in [4.78, 5) is 5.91. The summed E-state index contributed by atoms with van der Waals surface area (Å²) in [6, 6.07) is 6.81. The highest BCUT2D eigenvalue weighted by molar-refractivity contribution is 5.21. The number of halogens is 3. The third kappa shape index (κ3) is 3.64. The molecule has 6 heteroatoms. The van der Waals surface area contributed by atoms with E-state index in [2.05, 4.69) is 4.98 Å². The first kappa shape index (κ1) is 16.5. The zero-order chi connectivity index (χ0) is 16.1. The Kier molecular flexibility index (Phi) is 5.51. The van der Waals surface area contributed by atoms with Gasteiger partial charge in [-0.3, -0.25) is 9.88 Å². The van der Waals surface area contributed by atoms with E-state index in [1.54, 1.807) is 30.3 Å². The molecule has 1 aromatic heterocycles. The topological polar surface area (TPSA) is 25.4 Å². The molecule has 0 spiro atoms. The molecule has 0 amide bonds. The van der Waals surface area contributed by atoms with Crippen LogP contribution < -0.4 is 0 Å². The highest BCUT2D eigenvalue weighted by atomic mass is 19.2. The van der Waals surface area contributed by atoms with Crippen LogP contribution in [0.1, 0.15) is 17.3 Å². The van der Waals surface area contributed by atoms with Gasteiger partial charge in [0.05, 0.1) is 18.3 Å². The first-order valence-electron chi connectivity index (χ1n) is 6.77. The maximum Gasteiger partial charge on any atom is 0.166 e. The Hall–Kier alpha value is -1.92. The van der Waals surface area contributed by atoms with E-state index in [1.165, 1.54) is 7.11 Å². The van der Waals surface area contributed by atoms with Crippen LogP contribution in [0.5, 0.6) is 0 Å². The van der Waals surface area contributed by atoms with E-state index >= 15 is 0 Å². The lowest BCUT2D eigenvalue weighted by molar-refractivity contribution is 0.0984. The van der Waals surface area contributed by atoms with Gasteiger partial charge in [-0.25, -0.2) is 13.2 Å². The predicted octanol–water partition coefficient (Wildman–Crippen LogP) is 3.32. The van der Waals surface area contributed by atoms with Crippen molar-refractivity contribution in [2.45, 2.75) is 12.6 Å². The minimum atomic E-state index is -1.16. The summed E-state index contributed by atoms with van der Waals surface area (Å²) in [6.45, 7) is 0.200. The zero-order valence-corrected chi connectivity index (χ0v) is 12.4. The average Bonchev–Trinajstić information content (AvgIpc) is 2.53. The SMILES string of the molecule is COCC(c1ccccn1)N(C)Cc1c(F)ccc(F)c1F. The first-order valence-corrected chi connectivity index (χ1v) is 6.77. The van der Waals surface area contributed by atoms with Crippen molar-refractivity contribution in [1.29, 1.82) is 0 Å². The Bertz CT molecular complexity index is 622. The lowest BCUT2D eigenvalue weighted by atomic mass is 10.1. The molecule has 1 heterocycles. The van der Waals surface area contributed by atoms with Crippen molar-refractivity contribution in [3.63, 3.8) is 0 Å². The van der Waals surface area contributed by atoms with Gasteiger partial charge in [-0.15, -0.1) is 0 Å². The molecule has 1 unspecified atom stereocenters. The minimum absolute atomic E-state index is 0.0972. The zero-order valence-electron chi connectivity index (χ0n) is 12.4. The molecule has 0 bridgehead atoms. The molecular weight excluding hydrogens is 293 g/mol. The van der Waals surface area contributed by atoms with Crippen LogP contribution in [0.3, 0.4) is 0 Å². The molecule has 3 nitrogen and oxygen atoms in total. The van der Waals surface area contributed by atoms with E-state index in [0.29, 0.717) is 12.3 Å². The number of rotatable bonds is 6. The Morgan fingerprint density at radius 3 is 2.50 bits per heavy atom. The average molecular weight is 310 g/mol. The van der Waals surface area contributed by atoms with Gasteiger partial charge in [0.1, 0.15) is 5.82 Å². The molecule has 0 radical (unpaired) electrons. The van der Waals surface area contributed by atoms with E-state index in [4.69, 9.17) is 4.74 Å². The summed E-state index contributed by atoms with van der Waals surface area (Å²) in [5.74, 6) is -3.00. The predicted molar refractivity (Wildman–Crippen MR) is 76.6 cm³/mol. The molecule has 2 aromatic rings. The Morgan fingerprint density at radius 2 is 1.86 bits per heavy atom. The third-order valence-electron chi connectivity index (χ3n) is 3.43. The molecule has 22 heavy (non-hydrogen) atoms. The lowest BCUT2D eigenvalue weighted by Crippen LogP contribution is -2.29. The monoisotopic (exact) mass is 310 g/mol. The van der Waals surface area contributed by atoms with Gasteiger partial charge in [0.15, 0.2) is 11.6 Å². The fourth-order valence-electron chi connectivity index (χ4n) is 2.24. The molecule has 1 aromatic carbocycles. The maximum absolute atomic E-state index is 13.8. The second kappa shape index (κ2) is 7.38. The van der Waals surface area contributed by atoms with Crippen LogP contribution in [-0.2, 0) is 11.3 Å². The summed E-state index contributed by atoms with van der Waals surface area (Å²) in [5.41, 5.74) is 0.406. The van der Waals surface area contributed by atoms with Gasteiger partial charge >= 0.3 is 0 Å². The second-order valence-electron chi connectivity index (χ2n) is 4.96. The maximum atomic E-state index is 13.8. The van der Waals surface area contributed by atoms with Crippen LogP contribution in [0.2, 0.25) is 0 Å². The number of aromatic nitrogens is 1. The summed E-state index contributed by atoms with van der Waals surface area (Å²) in [6.07, 6.45) is 1.63. The summed E-state index contributed by atoms with van der Waals surface area (Å²) >= 11 is 0. The van der Waals surface area contributed by atoms with Crippen molar-refractivity contribution in [3.8, 4) is 0 Å². The highest BCUT2D eigenvalue weighted by Crippen LogP contribution is 2.23. The molecule has 0 aliphatic carbocycles. The standard InChI is InChI=1S/C16H17F3N2O/c1-21(9-11-12(17)6-7-13(18)16(11)19)15(10-22-2)14-5-3-4-8-20-14/h3-8,15H,9-10H2,1-2H3. The van der Waals surface area contributed by atoms with Crippen molar-refractivity contribution in [2.75, 3.05) is 20.8 Å². The van der Waals surface area contributed by atoms with Crippen molar-refractivity contribution in [3.05, 3.63) is 65.2 Å². The number of nitrogens with zero attached hydrogens (tertiary/aromatic N) is 2. The van der Waals surface area contributed by atoms with E-state index < -0.39 is 17.5 Å². The van der Waals surface area contributed by atoms with Gasteiger partial charge in [0.25, 0.3) is 0 Å². The Morgan fingerprint density at radius 1 is 1.14 bits per heavy atom. The van der Waals surface area contributed by atoms with Crippen molar-refractivity contribution in [1.82, 2.24) is 9.88 Å². The molecule has 0 fully saturated rings. The number of hydrogen-bond donors (Lipinski definition) is 0. The summed E-state index contributed by atoms with van der Waals surface area (Å²) < 4.78 is 46.0. The number of pyridine rings is 1. The van der Waals surface area contributed by atoms with Crippen molar-refractivity contribution >= 4 is 0 Å². The van der Waals surface area contributed by atoms with Gasteiger partial charge < -0.3 is 4.74 Å². The Labute approximate surface area is 127 Å². The van der Waals surface area contributed by atoms with Gasteiger partial charge in [-0.2, -0.15) is 0 Å². The van der Waals surface area contributed by atoms with Gasteiger partial charge in [0.2, 0.25) is 0 Å². The number of benzene rings is 1. The normalized spacial score (nSPS) is 12.6. The van der Waals surface area contributed by atoms with Crippen LogP contribution in [0.25, 0.3) is 0 Å². The smallest absolute Gasteiger partial charge is 0.166 e. The first-order chi connectivity index (χ1) is 10.5. The number of hydrogen-bond acceptors (Lipinski definition) is 3. The quantitative estimate of drug-likeness (QED) is 0.765. The molecule has 0 saturated carbocycles. The number of methoxy groups -OCH3 is 1. The van der Waals surface area contributed by atoms with E-state index in [0.717, 1.165) is 12.1 Å². The van der Waals surface area contributed by atoms with Gasteiger partial charge in [-0.05, 0) is 31.3 Å². The minimum Gasteiger partial charge on any atom is -0.383 e. The van der Waals surface area contributed by atoms with E-state index in [-0.39, 0.29) is 18.2 Å². The molecule has 0 saturated heterocycles. The molecule has 1 atom stereocenters. The van der Waals surface area contributed by atoms with Gasteiger partial charge in [-0.1, -0.05) is 6.07 Å². The lowest BCUT2D eigenvalue weighted by Gasteiger charge is -2.27. The summed E-state index contributed by atoms with van der Waals surface area (Å²) in [7, 11) is 3.22. The Balaban J connectivity index is 2.26. The molecule has 0 aliphatic rings. The summed E-state index contributed by atoms with van der Waals surface area (Å²) in [5, 5.41) is 0. The highest BCUT2D eigenvalue weighted by Gasteiger charge is 2.22. The van der Waals surface area contributed by atoms with Crippen LogP contribution >= 0.6 is 0 Å². The van der Waals surface area contributed by atoms with Gasteiger partial charge in [0, 0.05) is 25.4 Å². The molecule has 0 N–H and O–H groups in total.